The highest BCUT2D eigenvalue weighted by atomic mass is 16.5. The van der Waals surface area contributed by atoms with Gasteiger partial charge in [-0.05, 0) is 31.0 Å². The summed E-state index contributed by atoms with van der Waals surface area (Å²) >= 11 is 0. The topological polar surface area (TPSA) is 55.6 Å². The molecule has 5 nitrogen and oxygen atoms in total. The van der Waals surface area contributed by atoms with Crippen LogP contribution in [0.1, 0.15) is 35.5 Å². The van der Waals surface area contributed by atoms with Crippen LogP contribution in [-0.2, 0) is 16.0 Å². The van der Waals surface area contributed by atoms with Crippen molar-refractivity contribution in [3.05, 3.63) is 65.1 Å². The minimum absolute atomic E-state index is 0.0962. The van der Waals surface area contributed by atoms with Gasteiger partial charge in [-0.2, -0.15) is 0 Å². The van der Waals surface area contributed by atoms with E-state index in [4.69, 9.17) is 9.72 Å². The molecule has 1 N–H and O–H groups in total. The Balaban J connectivity index is 1.83. The summed E-state index contributed by atoms with van der Waals surface area (Å²) in [5.41, 5.74) is 6.33. The number of esters is 1. The first-order valence-electron chi connectivity index (χ1n) is 8.50. The van der Waals surface area contributed by atoms with Gasteiger partial charge in [0.15, 0.2) is 5.65 Å². The van der Waals surface area contributed by atoms with Gasteiger partial charge in [-0.1, -0.05) is 30.3 Å². The number of fused-ring (bicyclic) bond motifs is 3. The molecule has 1 aliphatic heterocycles. The second-order valence-electron chi connectivity index (χ2n) is 6.58. The summed E-state index contributed by atoms with van der Waals surface area (Å²) in [7, 11) is 0. The van der Waals surface area contributed by atoms with Crippen LogP contribution in [0.4, 0.5) is 5.69 Å². The molecule has 128 valence electrons. The van der Waals surface area contributed by atoms with Crippen LogP contribution in [-0.4, -0.2) is 21.5 Å². The number of aryl methyl sites for hydroxylation is 2. The Kier molecular flexibility index (Phi) is 3.71. The molecule has 5 heteroatoms. The van der Waals surface area contributed by atoms with E-state index in [1.807, 2.05) is 31.3 Å². The smallest absolute Gasteiger partial charge is 0.302 e. The van der Waals surface area contributed by atoms with Crippen molar-refractivity contribution in [3.63, 3.8) is 0 Å². The Morgan fingerprint density at radius 3 is 2.72 bits per heavy atom. The number of hydrogen-bond donors (Lipinski definition) is 1. The van der Waals surface area contributed by atoms with E-state index in [-0.39, 0.29) is 18.1 Å². The quantitative estimate of drug-likeness (QED) is 0.727. The molecule has 0 spiro atoms. The number of carbonyl (C=O) groups excluding carboxylic acids is 1. The average Bonchev–Trinajstić information content (AvgIpc) is 2.89. The molecule has 1 aliphatic rings. The lowest BCUT2D eigenvalue weighted by molar-refractivity contribution is -0.147. The molecule has 4 rings (SSSR count). The molecule has 2 unspecified atom stereocenters. The van der Waals surface area contributed by atoms with Gasteiger partial charge >= 0.3 is 5.97 Å². The molecule has 0 saturated heterocycles. The predicted octanol–water partition coefficient (Wildman–Crippen LogP) is 3.59. The van der Waals surface area contributed by atoms with Crippen LogP contribution in [0.2, 0.25) is 0 Å². The number of rotatable bonds is 2. The number of aromatic nitrogens is 2. The number of carbonyl (C=O) groups is 1. The summed E-state index contributed by atoms with van der Waals surface area (Å²) < 4.78 is 7.73. The van der Waals surface area contributed by atoms with Gasteiger partial charge in [-0.25, -0.2) is 4.98 Å². The zero-order valence-electron chi connectivity index (χ0n) is 14.6. The van der Waals surface area contributed by atoms with Crippen LogP contribution in [0.5, 0.6) is 0 Å². The maximum Gasteiger partial charge on any atom is 0.302 e. The first-order valence-corrected chi connectivity index (χ1v) is 8.50. The molecular formula is C20H21N3O2. The number of anilines is 1. The van der Waals surface area contributed by atoms with Crippen LogP contribution >= 0.6 is 0 Å². The third-order valence-electron chi connectivity index (χ3n) is 4.93. The fourth-order valence-corrected chi connectivity index (χ4v) is 3.57. The van der Waals surface area contributed by atoms with Gasteiger partial charge < -0.3 is 14.5 Å². The third kappa shape index (κ3) is 2.65. The van der Waals surface area contributed by atoms with E-state index in [0.29, 0.717) is 6.42 Å². The predicted molar refractivity (Wildman–Crippen MR) is 96.7 cm³/mol. The third-order valence-corrected chi connectivity index (χ3v) is 4.93. The highest BCUT2D eigenvalue weighted by Crippen LogP contribution is 2.37. The number of nitrogens with zero attached hydrogens (tertiary/aromatic N) is 2. The fourth-order valence-electron chi connectivity index (χ4n) is 3.57. The van der Waals surface area contributed by atoms with Crippen molar-refractivity contribution in [2.24, 2.45) is 0 Å². The van der Waals surface area contributed by atoms with Gasteiger partial charge in [0.05, 0.1) is 17.4 Å². The van der Waals surface area contributed by atoms with Gasteiger partial charge in [0.2, 0.25) is 0 Å². The van der Waals surface area contributed by atoms with E-state index in [9.17, 15) is 4.79 Å². The molecule has 3 aromatic rings. The van der Waals surface area contributed by atoms with Gasteiger partial charge in [0.25, 0.3) is 0 Å². The van der Waals surface area contributed by atoms with E-state index >= 15 is 0 Å². The Labute approximate surface area is 146 Å². The summed E-state index contributed by atoms with van der Waals surface area (Å²) in [6.07, 6.45) is 2.47. The Morgan fingerprint density at radius 1 is 1.24 bits per heavy atom. The lowest BCUT2D eigenvalue weighted by atomic mass is 9.91. The van der Waals surface area contributed by atoms with Crippen molar-refractivity contribution >= 4 is 17.3 Å². The first kappa shape index (κ1) is 15.7. The number of imidazole rings is 1. The van der Waals surface area contributed by atoms with E-state index in [1.165, 1.54) is 6.92 Å². The fraction of sp³-hybridized carbons (Fsp3) is 0.300. The Bertz CT molecular complexity index is 946. The van der Waals surface area contributed by atoms with Crippen LogP contribution in [0.15, 0.2) is 42.6 Å². The van der Waals surface area contributed by atoms with Crippen molar-refractivity contribution in [1.29, 1.82) is 0 Å². The molecule has 25 heavy (non-hydrogen) atoms. The van der Waals surface area contributed by atoms with Crippen LogP contribution in [0.3, 0.4) is 0 Å². The Morgan fingerprint density at radius 2 is 2.00 bits per heavy atom. The van der Waals surface area contributed by atoms with Crippen molar-refractivity contribution in [2.75, 3.05) is 5.32 Å². The van der Waals surface area contributed by atoms with Gasteiger partial charge in [0, 0.05) is 25.2 Å². The standard InChI is InChI=1S/C20H21N3O2/c1-12-13(2)23-10-9-16-11-17(25-14(3)24)18(15-7-5-4-6-8-15)22-19(16)20(23)21-12/h4-10,17-18,22H,11H2,1-3H3. The van der Waals surface area contributed by atoms with E-state index < -0.39 is 0 Å². The maximum atomic E-state index is 11.6. The molecule has 0 aliphatic carbocycles. The van der Waals surface area contributed by atoms with Crippen LogP contribution in [0, 0.1) is 13.8 Å². The highest BCUT2D eigenvalue weighted by Gasteiger charge is 2.33. The summed E-state index contributed by atoms with van der Waals surface area (Å²) in [4.78, 5) is 16.3. The Hall–Kier alpha value is -2.82. The molecule has 3 heterocycles. The average molecular weight is 335 g/mol. The summed E-state index contributed by atoms with van der Waals surface area (Å²) in [5.74, 6) is -0.259. The molecule has 0 bridgehead atoms. The second-order valence-corrected chi connectivity index (χ2v) is 6.58. The number of ether oxygens (including phenoxy) is 1. The number of hydrogen-bond acceptors (Lipinski definition) is 4. The van der Waals surface area contributed by atoms with Crippen molar-refractivity contribution in [3.8, 4) is 0 Å². The largest absolute Gasteiger partial charge is 0.460 e. The van der Waals surface area contributed by atoms with Gasteiger partial charge in [0.1, 0.15) is 6.10 Å². The zero-order chi connectivity index (χ0) is 17.6. The van der Waals surface area contributed by atoms with E-state index in [2.05, 4.69) is 34.8 Å². The monoisotopic (exact) mass is 335 g/mol. The SMILES string of the molecule is CC(=O)OC1Cc2ccn3c(C)c(C)nc3c2NC1c1ccccc1. The molecule has 0 radical (unpaired) electrons. The summed E-state index contributed by atoms with van der Waals surface area (Å²) in [6, 6.07) is 12.1. The molecular weight excluding hydrogens is 314 g/mol. The highest BCUT2D eigenvalue weighted by molar-refractivity contribution is 5.75. The number of pyridine rings is 1. The maximum absolute atomic E-state index is 11.6. The summed E-state index contributed by atoms with van der Waals surface area (Å²) in [5, 5.41) is 3.59. The molecule has 2 aromatic heterocycles. The molecule has 0 amide bonds. The van der Waals surface area contributed by atoms with E-state index in [0.717, 1.165) is 33.8 Å². The molecule has 2 atom stereocenters. The molecule has 0 fully saturated rings. The minimum atomic E-state index is -0.259. The van der Waals surface area contributed by atoms with Crippen molar-refractivity contribution < 1.29 is 9.53 Å². The number of nitrogens with one attached hydrogen (secondary N) is 1. The normalized spacial score (nSPS) is 19.3. The van der Waals surface area contributed by atoms with Crippen molar-refractivity contribution in [2.45, 2.75) is 39.3 Å². The van der Waals surface area contributed by atoms with Crippen LogP contribution < -0.4 is 5.32 Å². The van der Waals surface area contributed by atoms with E-state index in [1.54, 1.807) is 0 Å². The minimum Gasteiger partial charge on any atom is -0.460 e. The summed E-state index contributed by atoms with van der Waals surface area (Å²) in [6.45, 7) is 5.55. The lowest BCUT2D eigenvalue weighted by Crippen LogP contribution is -2.36. The van der Waals surface area contributed by atoms with Crippen LogP contribution in [0.25, 0.3) is 5.65 Å². The second kappa shape index (κ2) is 5.92. The lowest BCUT2D eigenvalue weighted by Gasteiger charge is -2.34. The van der Waals surface area contributed by atoms with Gasteiger partial charge in [-0.3, -0.25) is 4.79 Å². The molecule has 0 saturated carbocycles. The van der Waals surface area contributed by atoms with Crippen molar-refractivity contribution in [1.82, 2.24) is 9.38 Å². The zero-order valence-corrected chi connectivity index (χ0v) is 14.6. The number of benzene rings is 1. The van der Waals surface area contributed by atoms with Gasteiger partial charge in [-0.15, -0.1) is 0 Å². The first-order chi connectivity index (χ1) is 12.0. The molecule has 1 aromatic carbocycles.